The van der Waals surface area contributed by atoms with Crippen molar-refractivity contribution in [3.63, 3.8) is 0 Å². The maximum absolute atomic E-state index is 4.25. The van der Waals surface area contributed by atoms with Crippen LogP contribution in [0, 0.1) is 42.1 Å². The van der Waals surface area contributed by atoms with Crippen molar-refractivity contribution in [2.75, 3.05) is 0 Å². The molecule has 1 heteroatoms. The van der Waals surface area contributed by atoms with E-state index in [1.165, 1.54) is 25.7 Å². The van der Waals surface area contributed by atoms with Crippen molar-refractivity contribution in [2.45, 2.75) is 58.9 Å². The van der Waals surface area contributed by atoms with E-state index in [9.17, 15) is 0 Å². The van der Waals surface area contributed by atoms with Gasteiger partial charge in [-0.3, -0.25) is 0 Å². The summed E-state index contributed by atoms with van der Waals surface area (Å²) in [5, 5.41) is 2.36. The zero-order valence-electron chi connectivity index (χ0n) is 12.0. The lowest BCUT2D eigenvalue weighted by atomic mass is 9.71. The highest BCUT2D eigenvalue weighted by Gasteiger charge is 2.69. The zero-order chi connectivity index (χ0) is 12.4. The van der Waals surface area contributed by atoms with Gasteiger partial charge in [-0.25, -0.2) is 0 Å². The molecule has 0 unspecified atom stereocenters. The smallest absolute Gasteiger partial charge is 0.0783 e. The molecule has 98 valence electrons. The summed E-state index contributed by atoms with van der Waals surface area (Å²) in [5.41, 5.74) is 1.10. The molecule has 0 aromatic rings. The van der Waals surface area contributed by atoms with Crippen LogP contribution in [0.2, 0.25) is 0 Å². The van der Waals surface area contributed by atoms with Gasteiger partial charge in [-0.15, -0.1) is 0 Å². The number of rotatable bonds is 1. The minimum Gasteiger partial charge on any atom is -0.473 e. The summed E-state index contributed by atoms with van der Waals surface area (Å²) < 4.78 is 0. The molecule has 17 heavy (non-hydrogen) atoms. The third kappa shape index (κ3) is 1.35. The van der Waals surface area contributed by atoms with E-state index in [1.807, 2.05) is 0 Å². The normalized spacial score (nSPS) is 55.9. The molecule has 3 fully saturated rings. The van der Waals surface area contributed by atoms with Gasteiger partial charge in [0, 0.05) is 18.3 Å². The second kappa shape index (κ2) is 3.50. The van der Waals surface area contributed by atoms with E-state index in [1.54, 1.807) is 0 Å². The second-order valence-corrected chi connectivity index (χ2v) is 7.79. The molecular weight excluding hydrogens is 206 g/mol. The van der Waals surface area contributed by atoms with Crippen LogP contribution in [0.4, 0.5) is 0 Å². The van der Waals surface area contributed by atoms with Crippen LogP contribution in [-0.4, -0.2) is 5.54 Å². The fraction of sp³-hybridized carbons (Fsp3) is 0.938. The number of quaternary nitrogens is 1. The van der Waals surface area contributed by atoms with Crippen molar-refractivity contribution < 1.29 is 5.32 Å². The van der Waals surface area contributed by atoms with Gasteiger partial charge >= 0.3 is 0 Å². The first-order valence-corrected chi connectivity index (χ1v) is 7.58. The summed E-state index contributed by atoms with van der Waals surface area (Å²) in [6, 6.07) is 0. The molecule has 1 nitrogen and oxygen atoms in total. The molecule has 6 atom stereocenters. The van der Waals surface area contributed by atoms with Crippen LogP contribution in [0.3, 0.4) is 0 Å². The van der Waals surface area contributed by atoms with Crippen LogP contribution >= 0.6 is 0 Å². The van der Waals surface area contributed by atoms with Crippen LogP contribution in [0.15, 0.2) is 0 Å². The number of nitrogens with two attached hydrogens (primary N) is 1. The Bertz CT molecular complexity index is 321. The van der Waals surface area contributed by atoms with E-state index in [2.05, 4.69) is 40.1 Å². The molecule has 3 rings (SSSR count). The molecule has 2 N–H and O–H groups in total. The molecule has 0 heterocycles. The zero-order valence-corrected chi connectivity index (χ0v) is 12.0. The molecule has 0 amide bonds. The lowest BCUT2D eigenvalue weighted by molar-refractivity contribution is -0.692. The highest BCUT2D eigenvalue weighted by Crippen LogP contribution is 2.70. The number of fused-ring (bicyclic) bond motifs is 3. The van der Waals surface area contributed by atoms with Gasteiger partial charge in [-0.2, -0.15) is 7.05 Å². The molecule has 3 saturated carbocycles. The Morgan fingerprint density at radius 3 is 2.41 bits per heavy atom. The molecule has 0 radical (unpaired) electrons. The molecule has 0 bridgehead atoms. The summed E-state index contributed by atoms with van der Waals surface area (Å²) in [5.74, 6) is 4.71. The quantitative estimate of drug-likeness (QED) is 0.673. The van der Waals surface area contributed by atoms with Crippen LogP contribution in [-0.2, 0) is 0 Å². The molecule has 3 aliphatic carbocycles. The lowest BCUT2D eigenvalue weighted by Crippen LogP contribution is -2.94. The number of hydrogen-bond donors (Lipinski definition) is 1. The molecule has 3 aliphatic rings. The Labute approximate surface area is 107 Å². The van der Waals surface area contributed by atoms with Gasteiger partial charge in [0.1, 0.15) is 0 Å². The van der Waals surface area contributed by atoms with E-state index in [-0.39, 0.29) is 0 Å². The summed E-state index contributed by atoms with van der Waals surface area (Å²) in [6.45, 7) is 10.0. The largest absolute Gasteiger partial charge is 0.473 e. The minimum atomic E-state index is 0.479. The first-order valence-electron chi connectivity index (χ1n) is 7.58. The average molecular weight is 235 g/mol. The summed E-state index contributed by atoms with van der Waals surface area (Å²) in [6.07, 6.45) is 5.74. The Kier molecular flexibility index (Phi) is 2.47. The van der Waals surface area contributed by atoms with Crippen molar-refractivity contribution in [3.8, 4) is 0 Å². The van der Waals surface area contributed by atoms with Gasteiger partial charge in [-0.05, 0) is 42.4 Å². The topological polar surface area (TPSA) is 16.6 Å². The minimum absolute atomic E-state index is 0.479. The Morgan fingerprint density at radius 2 is 1.76 bits per heavy atom. The van der Waals surface area contributed by atoms with E-state index in [0.717, 1.165) is 29.6 Å². The highest BCUT2D eigenvalue weighted by atomic mass is 15.0. The summed E-state index contributed by atoms with van der Waals surface area (Å²) >= 11 is 0. The molecule has 0 aromatic carbocycles. The van der Waals surface area contributed by atoms with Crippen molar-refractivity contribution in [2.24, 2.45) is 35.0 Å². The maximum atomic E-state index is 4.25. The van der Waals surface area contributed by atoms with E-state index < -0.39 is 0 Å². The first kappa shape index (κ1) is 12.0. The van der Waals surface area contributed by atoms with E-state index in [4.69, 9.17) is 0 Å². The Morgan fingerprint density at radius 1 is 1.06 bits per heavy atom. The van der Waals surface area contributed by atoms with Crippen LogP contribution in [0.25, 0.3) is 0 Å². The first-order chi connectivity index (χ1) is 7.95. The van der Waals surface area contributed by atoms with E-state index in [0.29, 0.717) is 11.0 Å². The molecule has 0 aromatic heterocycles. The Balaban J connectivity index is 2.00. The van der Waals surface area contributed by atoms with E-state index >= 15 is 0 Å². The molecule has 0 aliphatic heterocycles. The van der Waals surface area contributed by atoms with Crippen molar-refractivity contribution in [1.82, 2.24) is 0 Å². The van der Waals surface area contributed by atoms with Gasteiger partial charge < -0.3 is 5.32 Å². The SMILES string of the molecule is [CH2-][NH2+][C@@]12CC[C@H](C)[C@@H]1[C@@H]1[C@H](CC[C@H]2C)C1(C)C. The summed E-state index contributed by atoms with van der Waals surface area (Å²) in [4.78, 5) is 0. The van der Waals surface area contributed by atoms with Crippen molar-refractivity contribution in [1.29, 1.82) is 0 Å². The fourth-order valence-corrected chi connectivity index (χ4v) is 5.81. The number of hydrogen-bond acceptors (Lipinski definition) is 0. The molecular formula is C16H29N. The van der Waals surface area contributed by atoms with Gasteiger partial charge in [0.05, 0.1) is 5.54 Å². The van der Waals surface area contributed by atoms with Crippen molar-refractivity contribution >= 4 is 0 Å². The monoisotopic (exact) mass is 235 g/mol. The van der Waals surface area contributed by atoms with Gasteiger partial charge in [-0.1, -0.05) is 27.7 Å². The van der Waals surface area contributed by atoms with Gasteiger partial charge in [0.2, 0.25) is 0 Å². The average Bonchev–Trinajstić information content (AvgIpc) is 2.69. The maximum Gasteiger partial charge on any atom is 0.0783 e. The highest BCUT2D eigenvalue weighted by molar-refractivity contribution is 5.17. The third-order valence-electron chi connectivity index (χ3n) is 7.00. The predicted molar refractivity (Wildman–Crippen MR) is 71.1 cm³/mol. The van der Waals surface area contributed by atoms with Gasteiger partial charge in [0.25, 0.3) is 0 Å². The van der Waals surface area contributed by atoms with Crippen LogP contribution < -0.4 is 5.32 Å². The second-order valence-electron chi connectivity index (χ2n) is 7.79. The lowest BCUT2D eigenvalue weighted by Gasteiger charge is -2.41. The third-order valence-corrected chi connectivity index (χ3v) is 7.00. The standard InChI is InChI=1S/C16H29N/c1-10-8-9-16(17-5)11(2)6-7-12-14(13(10)16)15(12,3)4/h10-14H,5-9,17H2,1-4H3/t10-,11+,12-,13+,14-,16+/m0/s1. The molecule has 0 saturated heterocycles. The van der Waals surface area contributed by atoms with Crippen molar-refractivity contribution in [3.05, 3.63) is 7.05 Å². The van der Waals surface area contributed by atoms with Gasteiger partial charge in [0.15, 0.2) is 0 Å². The van der Waals surface area contributed by atoms with Crippen LogP contribution in [0.1, 0.15) is 53.4 Å². The molecule has 0 spiro atoms. The summed E-state index contributed by atoms with van der Waals surface area (Å²) in [7, 11) is 4.25. The van der Waals surface area contributed by atoms with Crippen LogP contribution in [0.5, 0.6) is 0 Å². The fourth-order valence-electron chi connectivity index (χ4n) is 5.81. The predicted octanol–water partition coefficient (Wildman–Crippen LogP) is 2.83. The Hall–Kier alpha value is -0.0400.